The molecule has 20 heavy (non-hydrogen) atoms. The van der Waals surface area contributed by atoms with Crippen LogP contribution in [0.3, 0.4) is 0 Å². The third-order valence-electron chi connectivity index (χ3n) is 2.30. The van der Waals surface area contributed by atoms with Crippen LogP contribution in [0.25, 0.3) is 0 Å². The molecule has 0 radical (unpaired) electrons. The Bertz CT molecular complexity index is 683. The van der Waals surface area contributed by atoms with Crippen molar-refractivity contribution in [1.29, 1.82) is 0 Å². The van der Waals surface area contributed by atoms with Crippen LogP contribution in [0.4, 0.5) is 11.7 Å². The van der Waals surface area contributed by atoms with Gasteiger partial charge < -0.3 is 15.0 Å². The van der Waals surface area contributed by atoms with Gasteiger partial charge in [-0.1, -0.05) is 17.3 Å². The van der Waals surface area contributed by atoms with E-state index in [0.717, 1.165) is 0 Å². The number of nitrogens with two attached hydrogens (primary N) is 1. The Hall–Kier alpha value is -2.29. The molecule has 9 heteroatoms. The van der Waals surface area contributed by atoms with Crippen LogP contribution in [0.2, 0.25) is 0 Å². The number of nitrogen functional groups attached to an aromatic ring is 1. The molecule has 0 aliphatic rings. The van der Waals surface area contributed by atoms with Crippen LogP contribution in [-0.2, 0) is 10.0 Å². The van der Waals surface area contributed by atoms with Gasteiger partial charge in [0, 0.05) is 0 Å². The monoisotopic (exact) mass is 298 g/mol. The molecule has 108 valence electrons. The van der Waals surface area contributed by atoms with E-state index in [1.165, 1.54) is 0 Å². The number of sulfonamides is 1. The van der Waals surface area contributed by atoms with Gasteiger partial charge in [-0.25, -0.2) is 13.1 Å². The highest BCUT2D eigenvalue weighted by atomic mass is 32.2. The molecule has 3 N–H and O–H groups in total. The van der Waals surface area contributed by atoms with Crippen LogP contribution >= 0.6 is 0 Å². The first kappa shape index (κ1) is 14.1. The van der Waals surface area contributed by atoms with Gasteiger partial charge in [0.2, 0.25) is 10.0 Å². The Balaban J connectivity index is 1.88. The summed E-state index contributed by atoms with van der Waals surface area (Å²) in [5, 5.41) is 3.48. The number of anilines is 2. The Morgan fingerprint density at radius 3 is 2.80 bits per heavy atom. The predicted molar refractivity (Wildman–Crippen MR) is 72.8 cm³/mol. The lowest BCUT2D eigenvalue weighted by Crippen LogP contribution is -2.21. The summed E-state index contributed by atoms with van der Waals surface area (Å²) < 4.78 is 35.6. The highest BCUT2D eigenvalue weighted by molar-refractivity contribution is 7.92. The van der Waals surface area contributed by atoms with Crippen molar-refractivity contribution in [3.8, 4) is 5.75 Å². The maximum atomic E-state index is 11.7. The fourth-order valence-corrected chi connectivity index (χ4v) is 2.15. The third kappa shape index (κ3) is 3.85. The summed E-state index contributed by atoms with van der Waals surface area (Å²) in [6, 6.07) is 6.68. The van der Waals surface area contributed by atoms with E-state index >= 15 is 0 Å². The van der Waals surface area contributed by atoms with E-state index in [1.54, 1.807) is 31.2 Å². The summed E-state index contributed by atoms with van der Waals surface area (Å²) in [7, 11) is -3.62. The number of aryl methyl sites for hydroxylation is 1. The van der Waals surface area contributed by atoms with Crippen LogP contribution in [0.15, 0.2) is 28.8 Å². The molecular weight excluding hydrogens is 284 g/mol. The molecule has 0 atom stereocenters. The minimum absolute atomic E-state index is 0.0450. The number of ether oxygens (including phenoxy) is 1. The molecule has 0 saturated carbocycles. The molecule has 8 nitrogen and oxygen atoms in total. The standard InChI is InChI=1S/C11H14N4O4S/c1-8-13-11(19-14-8)15-20(16,17)7-6-18-10-5-3-2-4-9(10)12/h2-5H,6-7,12H2,1H3,(H,13,14,15). The number of hydrogen-bond acceptors (Lipinski definition) is 7. The molecule has 0 aliphatic carbocycles. The highest BCUT2D eigenvalue weighted by Gasteiger charge is 2.15. The average Bonchev–Trinajstić information content (AvgIpc) is 2.76. The van der Waals surface area contributed by atoms with E-state index in [4.69, 9.17) is 10.5 Å². The molecule has 1 aromatic heterocycles. The molecule has 2 rings (SSSR count). The minimum Gasteiger partial charge on any atom is -0.490 e. The molecule has 2 aromatic rings. The molecule has 0 spiro atoms. The molecule has 0 saturated heterocycles. The normalized spacial score (nSPS) is 11.2. The number of nitrogens with zero attached hydrogens (tertiary/aromatic N) is 2. The fraction of sp³-hybridized carbons (Fsp3) is 0.273. The number of para-hydroxylation sites is 2. The van der Waals surface area contributed by atoms with Crippen molar-refractivity contribution in [2.45, 2.75) is 6.92 Å². The smallest absolute Gasteiger partial charge is 0.335 e. The van der Waals surface area contributed by atoms with Crippen molar-refractivity contribution in [3.63, 3.8) is 0 Å². The van der Waals surface area contributed by atoms with E-state index in [9.17, 15) is 8.42 Å². The van der Waals surface area contributed by atoms with Crippen molar-refractivity contribution >= 4 is 21.7 Å². The van der Waals surface area contributed by atoms with Gasteiger partial charge in [0.25, 0.3) is 0 Å². The second kappa shape index (κ2) is 5.78. The number of rotatable bonds is 6. The second-order valence-corrected chi connectivity index (χ2v) is 5.80. The number of hydrogen-bond donors (Lipinski definition) is 2. The average molecular weight is 298 g/mol. The summed E-state index contributed by atoms with van der Waals surface area (Å²) in [5.74, 6) is 0.523. The number of aromatic nitrogens is 2. The molecule has 0 amide bonds. The van der Waals surface area contributed by atoms with Gasteiger partial charge in [0.05, 0.1) is 5.69 Å². The maximum Gasteiger partial charge on any atom is 0.335 e. The maximum absolute atomic E-state index is 11.7. The van der Waals surface area contributed by atoms with E-state index in [-0.39, 0.29) is 18.4 Å². The number of nitrogens with one attached hydrogen (secondary N) is 1. The molecule has 1 aromatic carbocycles. The molecule has 0 unspecified atom stereocenters. The zero-order chi connectivity index (χ0) is 14.6. The van der Waals surface area contributed by atoms with Gasteiger partial charge in [-0.05, 0) is 19.1 Å². The summed E-state index contributed by atoms with van der Waals surface area (Å²) in [6.07, 6.45) is 0. The highest BCUT2D eigenvalue weighted by Crippen LogP contribution is 2.19. The van der Waals surface area contributed by atoms with Crippen LogP contribution in [-0.4, -0.2) is 30.9 Å². The molecule has 0 aliphatic heterocycles. The Morgan fingerprint density at radius 2 is 2.15 bits per heavy atom. The lowest BCUT2D eigenvalue weighted by atomic mass is 10.3. The lowest BCUT2D eigenvalue weighted by Gasteiger charge is -2.08. The third-order valence-corrected chi connectivity index (χ3v) is 3.49. The van der Waals surface area contributed by atoms with E-state index in [0.29, 0.717) is 17.3 Å². The van der Waals surface area contributed by atoms with E-state index in [1.807, 2.05) is 0 Å². The Labute approximate surface area is 116 Å². The first-order chi connectivity index (χ1) is 9.46. The van der Waals surface area contributed by atoms with Crippen molar-refractivity contribution < 1.29 is 17.7 Å². The van der Waals surface area contributed by atoms with Gasteiger partial charge in [-0.2, -0.15) is 4.98 Å². The summed E-state index contributed by atoms with van der Waals surface area (Å²) in [6.45, 7) is 1.54. The van der Waals surface area contributed by atoms with Gasteiger partial charge in [-0.3, -0.25) is 0 Å². The zero-order valence-electron chi connectivity index (χ0n) is 10.7. The van der Waals surface area contributed by atoms with Gasteiger partial charge in [0.1, 0.15) is 18.1 Å². The molecule has 0 fully saturated rings. The minimum atomic E-state index is -3.62. The number of benzene rings is 1. The van der Waals surface area contributed by atoms with Crippen LogP contribution < -0.4 is 15.2 Å². The van der Waals surface area contributed by atoms with E-state index in [2.05, 4.69) is 19.4 Å². The zero-order valence-corrected chi connectivity index (χ0v) is 11.6. The van der Waals surface area contributed by atoms with Crippen molar-refractivity contribution in [1.82, 2.24) is 10.1 Å². The SMILES string of the molecule is Cc1noc(NS(=O)(=O)CCOc2ccccc2N)n1. The van der Waals surface area contributed by atoms with E-state index < -0.39 is 10.0 Å². The molecule has 1 heterocycles. The van der Waals surface area contributed by atoms with Crippen LogP contribution in [0.5, 0.6) is 5.75 Å². The molecule has 0 bridgehead atoms. The van der Waals surface area contributed by atoms with Crippen molar-refractivity contribution in [3.05, 3.63) is 30.1 Å². The quantitative estimate of drug-likeness (QED) is 0.756. The Morgan fingerprint density at radius 1 is 1.40 bits per heavy atom. The summed E-state index contributed by atoms with van der Waals surface area (Å²) in [4.78, 5) is 3.75. The first-order valence-corrected chi connectivity index (χ1v) is 7.39. The van der Waals surface area contributed by atoms with Gasteiger partial charge in [0.15, 0.2) is 5.82 Å². The Kier molecular flexibility index (Phi) is 4.08. The van der Waals surface area contributed by atoms with Gasteiger partial charge in [-0.15, -0.1) is 0 Å². The summed E-state index contributed by atoms with van der Waals surface area (Å²) >= 11 is 0. The lowest BCUT2D eigenvalue weighted by molar-refractivity contribution is 0.343. The van der Waals surface area contributed by atoms with Crippen molar-refractivity contribution in [2.75, 3.05) is 22.8 Å². The largest absolute Gasteiger partial charge is 0.490 e. The summed E-state index contributed by atoms with van der Waals surface area (Å²) in [5.41, 5.74) is 6.12. The van der Waals surface area contributed by atoms with Gasteiger partial charge >= 0.3 is 6.01 Å². The fourth-order valence-electron chi connectivity index (χ4n) is 1.40. The van der Waals surface area contributed by atoms with Crippen molar-refractivity contribution in [2.24, 2.45) is 0 Å². The predicted octanol–water partition coefficient (Wildman–Crippen LogP) is 0.781. The second-order valence-electron chi connectivity index (χ2n) is 3.95. The molecular formula is C11H14N4O4S. The van der Waals surface area contributed by atoms with Crippen LogP contribution in [0.1, 0.15) is 5.82 Å². The first-order valence-electron chi connectivity index (χ1n) is 5.74. The topological polar surface area (TPSA) is 120 Å². The van der Waals surface area contributed by atoms with Crippen LogP contribution in [0, 0.1) is 6.92 Å².